The van der Waals surface area contributed by atoms with Gasteiger partial charge >= 0.3 is 23.9 Å². The van der Waals surface area contributed by atoms with Crippen LogP contribution in [-0.4, -0.2) is 34.1 Å². The van der Waals surface area contributed by atoms with Crippen LogP contribution in [0.2, 0.25) is 5.02 Å². The summed E-state index contributed by atoms with van der Waals surface area (Å²) in [6.45, 7) is 2.30. The fraction of sp³-hybridized carbons (Fsp3) is 0.103. The SMILES string of the molecule is CC(=O)Oc1ccc(/C=C/C(=O)OCc2ccc(OC(=O)/C=C/c3ccc(OC(C)=O)c(O)c3)c(Cl)c2)cc1O. The standard InChI is InChI=1S/C29H23ClO10/c1-17(31)38-26-9-3-19(14-23(26)33)6-11-28(35)37-16-21-5-8-25(22(30)13-21)40-29(36)12-7-20-4-10-27(24(34)15-20)39-18(2)32/h3-15,33-34H,16H2,1-2H3/b11-6+,12-7+. The highest BCUT2D eigenvalue weighted by Gasteiger charge is 2.10. The van der Waals surface area contributed by atoms with Crippen molar-refractivity contribution < 1.29 is 48.3 Å². The van der Waals surface area contributed by atoms with Crippen molar-refractivity contribution in [1.82, 2.24) is 0 Å². The molecule has 206 valence electrons. The molecule has 0 amide bonds. The number of carbonyl (C=O) groups is 4. The largest absolute Gasteiger partial charge is 0.504 e. The predicted molar refractivity (Wildman–Crippen MR) is 144 cm³/mol. The summed E-state index contributed by atoms with van der Waals surface area (Å²) in [5.41, 5.74) is 1.47. The fourth-order valence-electron chi connectivity index (χ4n) is 3.15. The number of esters is 4. The molecule has 0 radical (unpaired) electrons. The van der Waals surface area contributed by atoms with E-state index >= 15 is 0 Å². The first kappa shape index (κ1) is 29.5. The second-order valence-electron chi connectivity index (χ2n) is 8.10. The van der Waals surface area contributed by atoms with Gasteiger partial charge < -0.3 is 29.2 Å². The second kappa shape index (κ2) is 13.6. The Morgan fingerprint density at radius 2 is 1.20 bits per heavy atom. The van der Waals surface area contributed by atoms with E-state index in [1.54, 1.807) is 12.1 Å². The third-order valence-corrected chi connectivity index (χ3v) is 5.18. The van der Waals surface area contributed by atoms with E-state index in [9.17, 15) is 29.4 Å². The minimum absolute atomic E-state index is 0.00170. The highest BCUT2D eigenvalue weighted by molar-refractivity contribution is 6.32. The molecule has 0 heterocycles. The first-order valence-corrected chi connectivity index (χ1v) is 11.9. The van der Waals surface area contributed by atoms with Crippen LogP contribution < -0.4 is 14.2 Å². The lowest BCUT2D eigenvalue weighted by Gasteiger charge is -2.07. The first-order valence-electron chi connectivity index (χ1n) is 11.6. The van der Waals surface area contributed by atoms with Crippen molar-refractivity contribution in [2.24, 2.45) is 0 Å². The van der Waals surface area contributed by atoms with E-state index in [2.05, 4.69) is 0 Å². The zero-order valence-electron chi connectivity index (χ0n) is 21.3. The smallest absolute Gasteiger partial charge is 0.336 e. The number of benzene rings is 3. The van der Waals surface area contributed by atoms with Gasteiger partial charge in [-0.1, -0.05) is 29.8 Å². The zero-order chi connectivity index (χ0) is 29.2. The van der Waals surface area contributed by atoms with Crippen LogP contribution in [0, 0.1) is 0 Å². The molecular formula is C29H23ClO10. The monoisotopic (exact) mass is 566 g/mol. The van der Waals surface area contributed by atoms with Gasteiger partial charge in [0.1, 0.15) is 12.4 Å². The van der Waals surface area contributed by atoms with E-state index in [0.29, 0.717) is 16.7 Å². The Bertz CT molecular complexity index is 1510. The number of hydrogen-bond acceptors (Lipinski definition) is 10. The van der Waals surface area contributed by atoms with Gasteiger partial charge in [0, 0.05) is 26.0 Å². The number of phenols is 2. The van der Waals surface area contributed by atoms with E-state index in [4.69, 9.17) is 30.5 Å². The molecule has 0 aliphatic heterocycles. The molecule has 3 aromatic rings. The van der Waals surface area contributed by atoms with Crippen molar-refractivity contribution >= 4 is 47.6 Å². The normalized spacial score (nSPS) is 10.9. The summed E-state index contributed by atoms with van der Waals surface area (Å²) in [6, 6.07) is 13.0. The maximum atomic E-state index is 12.2. The molecule has 0 aromatic heterocycles. The Hall–Kier alpha value is -5.09. The van der Waals surface area contributed by atoms with Gasteiger partial charge in [0.15, 0.2) is 23.0 Å². The predicted octanol–water partition coefficient (Wildman–Crippen LogP) is 4.98. The molecule has 11 heteroatoms. The maximum Gasteiger partial charge on any atom is 0.336 e. The van der Waals surface area contributed by atoms with Crippen LogP contribution in [0.15, 0.2) is 66.7 Å². The number of hydrogen-bond donors (Lipinski definition) is 2. The average Bonchev–Trinajstić information content (AvgIpc) is 2.89. The van der Waals surface area contributed by atoms with Gasteiger partial charge in [-0.05, 0) is 65.2 Å². The lowest BCUT2D eigenvalue weighted by atomic mass is 10.2. The summed E-state index contributed by atoms with van der Waals surface area (Å²) in [6.07, 6.45) is 5.10. The van der Waals surface area contributed by atoms with E-state index in [-0.39, 0.29) is 40.4 Å². The fourth-order valence-corrected chi connectivity index (χ4v) is 3.39. The van der Waals surface area contributed by atoms with Crippen molar-refractivity contribution in [2.45, 2.75) is 20.5 Å². The average molecular weight is 567 g/mol. The molecule has 0 spiro atoms. The van der Waals surface area contributed by atoms with Gasteiger partial charge in [-0.2, -0.15) is 0 Å². The van der Waals surface area contributed by atoms with Crippen molar-refractivity contribution in [3.63, 3.8) is 0 Å². The van der Waals surface area contributed by atoms with E-state index in [1.165, 1.54) is 68.5 Å². The molecule has 2 N–H and O–H groups in total. The van der Waals surface area contributed by atoms with Crippen molar-refractivity contribution in [2.75, 3.05) is 0 Å². The maximum absolute atomic E-state index is 12.2. The van der Waals surface area contributed by atoms with Crippen LogP contribution in [0.3, 0.4) is 0 Å². The quantitative estimate of drug-likeness (QED) is 0.206. The number of rotatable bonds is 9. The van der Waals surface area contributed by atoms with Crippen molar-refractivity contribution in [1.29, 1.82) is 0 Å². The molecule has 3 rings (SSSR count). The van der Waals surface area contributed by atoms with E-state index < -0.39 is 23.9 Å². The Morgan fingerprint density at radius 1 is 0.700 bits per heavy atom. The summed E-state index contributed by atoms with van der Waals surface area (Å²) >= 11 is 6.20. The lowest BCUT2D eigenvalue weighted by Crippen LogP contribution is -2.05. The van der Waals surface area contributed by atoms with Crippen molar-refractivity contribution in [3.05, 3.63) is 88.5 Å². The Kier molecular flexibility index (Phi) is 10.0. The molecule has 0 fully saturated rings. The molecule has 0 aliphatic carbocycles. The van der Waals surface area contributed by atoms with Gasteiger partial charge in [-0.3, -0.25) is 9.59 Å². The molecule has 0 aliphatic rings. The molecular weight excluding hydrogens is 544 g/mol. The zero-order valence-corrected chi connectivity index (χ0v) is 22.0. The Labute approximate surface area is 233 Å². The molecule has 0 unspecified atom stereocenters. The Morgan fingerprint density at radius 3 is 1.68 bits per heavy atom. The second-order valence-corrected chi connectivity index (χ2v) is 8.51. The highest BCUT2D eigenvalue weighted by atomic mass is 35.5. The molecule has 10 nitrogen and oxygen atoms in total. The topological polar surface area (TPSA) is 146 Å². The number of phenolic OH excluding ortho intramolecular Hbond substituents is 2. The summed E-state index contributed by atoms with van der Waals surface area (Å²) < 4.78 is 20.1. The van der Waals surface area contributed by atoms with Crippen LogP contribution in [0.25, 0.3) is 12.2 Å². The molecule has 0 saturated heterocycles. The van der Waals surface area contributed by atoms with Crippen LogP contribution in [0.4, 0.5) is 0 Å². The minimum Gasteiger partial charge on any atom is -0.504 e. The van der Waals surface area contributed by atoms with Gasteiger partial charge in [0.2, 0.25) is 0 Å². The van der Waals surface area contributed by atoms with Crippen molar-refractivity contribution in [3.8, 4) is 28.7 Å². The van der Waals surface area contributed by atoms with Crippen LogP contribution in [0.5, 0.6) is 28.7 Å². The minimum atomic E-state index is -0.735. The van der Waals surface area contributed by atoms with Gasteiger partial charge in [-0.15, -0.1) is 0 Å². The number of ether oxygens (including phenoxy) is 4. The van der Waals surface area contributed by atoms with Crippen LogP contribution in [-0.2, 0) is 30.5 Å². The molecule has 0 atom stereocenters. The number of carbonyl (C=O) groups excluding carboxylic acids is 4. The molecule has 3 aromatic carbocycles. The summed E-state index contributed by atoms with van der Waals surface area (Å²) in [4.78, 5) is 46.3. The summed E-state index contributed by atoms with van der Waals surface area (Å²) in [7, 11) is 0. The summed E-state index contributed by atoms with van der Waals surface area (Å²) in [5.74, 6) is -3.00. The highest BCUT2D eigenvalue weighted by Crippen LogP contribution is 2.29. The third-order valence-electron chi connectivity index (χ3n) is 4.89. The van der Waals surface area contributed by atoms with Crippen LogP contribution in [0.1, 0.15) is 30.5 Å². The van der Waals surface area contributed by atoms with Gasteiger partial charge in [-0.25, -0.2) is 9.59 Å². The third kappa shape index (κ3) is 9.03. The number of halogens is 1. The van der Waals surface area contributed by atoms with E-state index in [1.807, 2.05) is 0 Å². The molecule has 0 saturated carbocycles. The molecule has 0 bridgehead atoms. The Balaban J connectivity index is 1.52. The van der Waals surface area contributed by atoms with Gasteiger partial charge in [0.05, 0.1) is 5.02 Å². The first-order chi connectivity index (χ1) is 19.0. The molecule has 40 heavy (non-hydrogen) atoms. The summed E-state index contributed by atoms with van der Waals surface area (Å²) in [5, 5.41) is 19.9. The number of aromatic hydroxyl groups is 2. The lowest BCUT2D eigenvalue weighted by molar-refractivity contribution is -0.139. The van der Waals surface area contributed by atoms with Gasteiger partial charge in [0.25, 0.3) is 0 Å². The van der Waals surface area contributed by atoms with E-state index in [0.717, 1.165) is 12.2 Å². The van der Waals surface area contributed by atoms with Crippen LogP contribution >= 0.6 is 11.6 Å².